The minimum absolute atomic E-state index is 0.175. The molecule has 4 nitrogen and oxygen atoms in total. The first-order valence-electron chi connectivity index (χ1n) is 4.03. The number of carbonyl (C=O) groups excluding carboxylic acids is 1. The van der Waals surface area contributed by atoms with Gasteiger partial charge in [-0.15, -0.1) is 0 Å². The summed E-state index contributed by atoms with van der Waals surface area (Å²) in [6, 6.07) is 0. The third-order valence-electron chi connectivity index (χ3n) is 1.34. The third-order valence-corrected chi connectivity index (χ3v) is 1.34. The van der Waals surface area contributed by atoms with E-state index in [1.165, 1.54) is 13.2 Å². The van der Waals surface area contributed by atoms with Gasteiger partial charge in [-0.25, -0.2) is 4.79 Å². The van der Waals surface area contributed by atoms with Gasteiger partial charge in [0, 0.05) is 13.2 Å². The van der Waals surface area contributed by atoms with Crippen molar-refractivity contribution < 1.29 is 19.0 Å². The van der Waals surface area contributed by atoms with E-state index in [2.05, 4.69) is 4.74 Å². The van der Waals surface area contributed by atoms with Crippen molar-refractivity contribution in [3.8, 4) is 0 Å². The quantitative estimate of drug-likeness (QED) is 0.270. The van der Waals surface area contributed by atoms with Gasteiger partial charge in [-0.2, -0.15) is 0 Å². The van der Waals surface area contributed by atoms with Crippen LogP contribution in [0.2, 0.25) is 0 Å². The topological polar surface area (TPSA) is 44.8 Å². The zero-order valence-corrected chi connectivity index (χ0v) is 8.28. The Morgan fingerprint density at radius 3 is 2.69 bits per heavy atom. The van der Waals surface area contributed by atoms with Crippen LogP contribution in [0.1, 0.15) is 6.92 Å². The lowest BCUT2D eigenvalue weighted by molar-refractivity contribution is -0.134. The molecule has 0 spiro atoms. The van der Waals surface area contributed by atoms with Crippen molar-refractivity contribution in [1.29, 1.82) is 0 Å². The highest BCUT2D eigenvalue weighted by molar-refractivity contribution is 5.81. The molecule has 0 radical (unpaired) electrons. The number of hydrogen-bond acceptors (Lipinski definition) is 4. The summed E-state index contributed by atoms with van der Waals surface area (Å²) in [5.41, 5.74) is 0. The highest BCUT2D eigenvalue weighted by atomic mass is 16.7. The van der Waals surface area contributed by atoms with E-state index in [0.29, 0.717) is 6.61 Å². The number of esters is 1. The first-order chi connectivity index (χ1) is 6.20. The van der Waals surface area contributed by atoms with Gasteiger partial charge in [0.1, 0.15) is 6.79 Å². The SMILES string of the molecule is COCOC[C@@H](C)/C=C/C(=O)OC. The van der Waals surface area contributed by atoms with Crippen LogP contribution in [-0.4, -0.2) is 33.6 Å². The lowest BCUT2D eigenvalue weighted by Crippen LogP contribution is -2.06. The van der Waals surface area contributed by atoms with E-state index in [9.17, 15) is 4.79 Å². The van der Waals surface area contributed by atoms with Gasteiger partial charge in [-0.05, 0) is 5.92 Å². The normalized spacial score (nSPS) is 13.2. The van der Waals surface area contributed by atoms with Gasteiger partial charge in [0.25, 0.3) is 0 Å². The van der Waals surface area contributed by atoms with Crippen LogP contribution in [0, 0.1) is 5.92 Å². The molecule has 0 unspecified atom stereocenters. The lowest BCUT2D eigenvalue weighted by Gasteiger charge is -2.05. The van der Waals surface area contributed by atoms with Crippen LogP contribution < -0.4 is 0 Å². The average Bonchev–Trinajstić information content (AvgIpc) is 2.14. The lowest BCUT2D eigenvalue weighted by atomic mass is 10.2. The molecule has 0 saturated heterocycles. The Morgan fingerprint density at radius 2 is 2.15 bits per heavy atom. The molecule has 1 atom stereocenters. The molecular weight excluding hydrogens is 172 g/mol. The number of methoxy groups -OCH3 is 2. The van der Waals surface area contributed by atoms with Gasteiger partial charge < -0.3 is 14.2 Å². The van der Waals surface area contributed by atoms with Crippen molar-refractivity contribution >= 4 is 5.97 Å². The maximum Gasteiger partial charge on any atom is 0.330 e. The van der Waals surface area contributed by atoms with E-state index in [1.807, 2.05) is 6.92 Å². The van der Waals surface area contributed by atoms with Crippen LogP contribution in [0.3, 0.4) is 0 Å². The molecule has 0 aromatic rings. The van der Waals surface area contributed by atoms with Gasteiger partial charge in [-0.3, -0.25) is 0 Å². The molecule has 0 bridgehead atoms. The standard InChI is InChI=1S/C9H16O4/c1-8(6-13-7-11-2)4-5-9(10)12-3/h4-5,8H,6-7H2,1-3H3/b5-4+/t8-/m0/s1. The zero-order chi connectivity index (χ0) is 10.1. The molecule has 13 heavy (non-hydrogen) atoms. The monoisotopic (exact) mass is 188 g/mol. The number of hydrogen-bond donors (Lipinski definition) is 0. The Bertz CT molecular complexity index is 165. The van der Waals surface area contributed by atoms with Crippen LogP contribution in [0.5, 0.6) is 0 Å². The predicted molar refractivity (Wildman–Crippen MR) is 48.1 cm³/mol. The number of ether oxygens (including phenoxy) is 3. The van der Waals surface area contributed by atoms with Gasteiger partial charge in [0.05, 0.1) is 13.7 Å². The molecule has 0 aliphatic rings. The molecular formula is C9H16O4. The zero-order valence-electron chi connectivity index (χ0n) is 8.28. The van der Waals surface area contributed by atoms with Crippen LogP contribution in [0.15, 0.2) is 12.2 Å². The Morgan fingerprint density at radius 1 is 1.46 bits per heavy atom. The average molecular weight is 188 g/mol. The molecule has 0 amide bonds. The largest absolute Gasteiger partial charge is 0.466 e. The Kier molecular flexibility index (Phi) is 7.24. The predicted octanol–water partition coefficient (Wildman–Crippen LogP) is 0.972. The van der Waals surface area contributed by atoms with Gasteiger partial charge in [0.2, 0.25) is 0 Å². The van der Waals surface area contributed by atoms with Gasteiger partial charge in [-0.1, -0.05) is 13.0 Å². The van der Waals surface area contributed by atoms with Crippen molar-refractivity contribution in [1.82, 2.24) is 0 Å². The minimum Gasteiger partial charge on any atom is -0.466 e. The van der Waals surface area contributed by atoms with Crippen molar-refractivity contribution in [2.24, 2.45) is 5.92 Å². The second kappa shape index (κ2) is 7.76. The fourth-order valence-electron chi connectivity index (χ4n) is 0.684. The maximum absolute atomic E-state index is 10.7. The highest BCUT2D eigenvalue weighted by Crippen LogP contribution is 1.98. The highest BCUT2D eigenvalue weighted by Gasteiger charge is 1.98. The van der Waals surface area contributed by atoms with Crippen LogP contribution in [-0.2, 0) is 19.0 Å². The summed E-state index contributed by atoms with van der Waals surface area (Å²) >= 11 is 0. The van der Waals surface area contributed by atoms with Crippen molar-refractivity contribution in [2.45, 2.75) is 6.92 Å². The van der Waals surface area contributed by atoms with E-state index in [-0.39, 0.29) is 18.7 Å². The van der Waals surface area contributed by atoms with E-state index >= 15 is 0 Å². The molecule has 0 rings (SSSR count). The van der Waals surface area contributed by atoms with E-state index in [1.54, 1.807) is 13.2 Å². The van der Waals surface area contributed by atoms with Crippen LogP contribution in [0.25, 0.3) is 0 Å². The second-order valence-electron chi connectivity index (χ2n) is 2.64. The molecule has 0 aromatic carbocycles. The Balaban J connectivity index is 3.54. The van der Waals surface area contributed by atoms with E-state index in [4.69, 9.17) is 9.47 Å². The number of carbonyl (C=O) groups is 1. The summed E-state index contributed by atoms with van der Waals surface area (Å²) in [6.07, 6.45) is 3.13. The fourth-order valence-corrected chi connectivity index (χ4v) is 0.684. The molecule has 0 fully saturated rings. The molecule has 0 aliphatic carbocycles. The van der Waals surface area contributed by atoms with E-state index < -0.39 is 0 Å². The molecule has 0 N–H and O–H groups in total. The minimum atomic E-state index is -0.349. The van der Waals surface area contributed by atoms with E-state index in [0.717, 1.165) is 0 Å². The molecule has 0 heterocycles. The molecule has 0 saturated carbocycles. The Hall–Kier alpha value is -0.870. The summed E-state index contributed by atoms with van der Waals surface area (Å²) < 4.78 is 14.2. The summed E-state index contributed by atoms with van der Waals surface area (Å²) in [7, 11) is 2.91. The summed E-state index contributed by atoms with van der Waals surface area (Å²) in [4.78, 5) is 10.7. The third kappa shape index (κ3) is 7.49. The van der Waals surface area contributed by atoms with Crippen molar-refractivity contribution in [2.75, 3.05) is 27.6 Å². The summed E-state index contributed by atoms with van der Waals surface area (Å²) in [5.74, 6) is -0.173. The number of rotatable bonds is 6. The van der Waals surface area contributed by atoms with Crippen molar-refractivity contribution in [3.63, 3.8) is 0 Å². The van der Waals surface area contributed by atoms with Crippen LogP contribution in [0.4, 0.5) is 0 Å². The molecule has 0 aliphatic heterocycles. The first kappa shape index (κ1) is 12.1. The maximum atomic E-state index is 10.7. The summed E-state index contributed by atoms with van der Waals surface area (Å²) in [5, 5.41) is 0. The Labute approximate surface area is 78.5 Å². The van der Waals surface area contributed by atoms with Gasteiger partial charge >= 0.3 is 5.97 Å². The smallest absolute Gasteiger partial charge is 0.330 e. The van der Waals surface area contributed by atoms with Gasteiger partial charge in [0.15, 0.2) is 0 Å². The first-order valence-corrected chi connectivity index (χ1v) is 4.03. The summed E-state index contributed by atoms with van der Waals surface area (Å²) in [6.45, 7) is 2.74. The van der Waals surface area contributed by atoms with Crippen LogP contribution >= 0.6 is 0 Å². The molecule has 4 heteroatoms. The second-order valence-corrected chi connectivity index (χ2v) is 2.64. The fraction of sp³-hybridized carbons (Fsp3) is 0.667. The molecule has 76 valence electrons. The molecule has 0 aromatic heterocycles. The van der Waals surface area contributed by atoms with Crippen molar-refractivity contribution in [3.05, 3.63) is 12.2 Å².